The number of nitrogens with one attached hydrogen (secondary N) is 1. The molecule has 94 valence electrons. The molecule has 0 saturated heterocycles. The third kappa shape index (κ3) is 2.71. The van der Waals surface area contributed by atoms with Crippen LogP contribution in [0.4, 0.5) is 8.78 Å². The highest BCUT2D eigenvalue weighted by Gasteiger charge is 2.14. The largest absolute Gasteiger partial charge is 0.308 e. The summed E-state index contributed by atoms with van der Waals surface area (Å²) in [6.07, 6.45) is 1.16. The maximum absolute atomic E-state index is 13.4. The Morgan fingerprint density at radius 2 is 1.89 bits per heavy atom. The van der Waals surface area contributed by atoms with Crippen LogP contribution < -0.4 is 5.32 Å². The first-order chi connectivity index (χ1) is 8.60. The molecule has 0 spiro atoms. The molecule has 2 aromatic rings. The Hall–Kier alpha value is -1.81. The summed E-state index contributed by atoms with van der Waals surface area (Å²) >= 11 is 0. The molecule has 0 bridgehead atoms. The summed E-state index contributed by atoms with van der Waals surface area (Å²) in [5.41, 5.74) is 2.27. The Bertz CT molecular complexity index is 518. The van der Waals surface area contributed by atoms with E-state index < -0.39 is 0 Å². The van der Waals surface area contributed by atoms with Gasteiger partial charge < -0.3 is 5.32 Å². The molecule has 1 aromatic heterocycles. The summed E-state index contributed by atoms with van der Waals surface area (Å²) in [4.78, 5) is 4.03. The molecule has 0 aliphatic carbocycles. The monoisotopic (exact) mass is 248 g/mol. The van der Waals surface area contributed by atoms with Crippen LogP contribution in [0.25, 0.3) is 0 Å². The molecule has 1 unspecified atom stereocenters. The van der Waals surface area contributed by atoms with Crippen molar-refractivity contribution in [1.29, 1.82) is 0 Å². The second kappa shape index (κ2) is 5.23. The van der Waals surface area contributed by atoms with E-state index in [2.05, 4.69) is 10.3 Å². The zero-order valence-corrected chi connectivity index (χ0v) is 10.2. The molecule has 1 heterocycles. The molecule has 0 saturated carbocycles. The van der Waals surface area contributed by atoms with Gasteiger partial charge in [0.2, 0.25) is 0 Å². The van der Waals surface area contributed by atoms with Crippen molar-refractivity contribution in [3.63, 3.8) is 0 Å². The van der Waals surface area contributed by atoms with Crippen molar-refractivity contribution in [3.05, 3.63) is 65.0 Å². The molecule has 2 rings (SSSR count). The van der Waals surface area contributed by atoms with Gasteiger partial charge in [0.25, 0.3) is 0 Å². The first-order valence-corrected chi connectivity index (χ1v) is 5.66. The normalized spacial score (nSPS) is 12.4. The van der Waals surface area contributed by atoms with Gasteiger partial charge in [-0.15, -0.1) is 0 Å². The Morgan fingerprint density at radius 3 is 2.44 bits per heavy atom. The average Bonchev–Trinajstić information content (AvgIpc) is 2.31. The fourth-order valence-electron chi connectivity index (χ4n) is 1.97. The van der Waals surface area contributed by atoms with Gasteiger partial charge in [-0.1, -0.05) is 6.07 Å². The number of aromatic nitrogens is 1. The number of hydrogen-bond donors (Lipinski definition) is 1. The number of rotatable bonds is 3. The second-order valence-electron chi connectivity index (χ2n) is 4.18. The van der Waals surface area contributed by atoms with E-state index in [1.165, 1.54) is 18.2 Å². The molecule has 2 nitrogen and oxygen atoms in total. The van der Waals surface area contributed by atoms with Crippen molar-refractivity contribution in [1.82, 2.24) is 10.3 Å². The number of benzene rings is 1. The summed E-state index contributed by atoms with van der Waals surface area (Å²) in [7, 11) is 1.76. The molecule has 1 atom stereocenters. The lowest BCUT2D eigenvalue weighted by Crippen LogP contribution is -2.19. The molecule has 1 N–H and O–H groups in total. The van der Waals surface area contributed by atoms with E-state index in [0.717, 1.165) is 17.3 Å². The van der Waals surface area contributed by atoms with E-state index in [1.54, 1.807) is 13.1 Å². The van der Waals surface area contributed by atoms with Crippen molar-refractivity contribution in [2.45, 2.75) is 13.0 Å². The van der Waals surface area contributed by atoms with Gasteiger partial charge in [-0.3, -0.25) is 4.98 Å². The third-order valence-electron chi connectivity index (χ3n) is 2.73. The van der Waals surface area contributed by atoms with Crippen LogP contribution in [0.2, 0.25) is 0 Å². The highest BCUT2D eigenvalue weighted by atomic mass is 19.1. The molecule has 1 aromatic carbocycles. The van der Waals surface area contributed by atoms with Gasteiger partial charge in [0.15, 0.2) is 0 Å². The average molecular weight is 248 g/mol. The van der Waals surface area contributed by atoms with Crippen LogP contribution in [0.3, 0.4) is 0 Å². The number of aryl methyl sites for hydroxylation is 1. The van der Waals surface area contributed by atoms with Crippen molar-refractivity contribution < 1.29 is 8.78 Å². The summed E-state index contributed by atoms with van der Waals surface area (Å²) < 4.78 is 26.2. The minimum absolute atomic E-state index is 0.250. The molecular formula is C14H14F2N2. The molecule has 0 radical (unpaired) electrons. The first kappa shape index (κ1) is 12.6. The van der Waals surface area contributed by atoms with E-state index >= 15 is 0 Å². The summed E-state index contributed by atoms with van der Waals surface area (Å²) in [6.45, 7) is 1.83. The highest BCUT2D eigenvalue weighted by Crippen LogP contribution is 2.22. The third-order valence-corrected chi connectivity index (χ3v) is 2.73. The van der Waals surface area contributed by atoms with E-state index in [0.29, 0.717) is 5.69 Å². The topological polar surface area (TPSA) is 24.9 Å². The van der Waals surface area contributed by atoms with E-state index in [4.69, 9.17) is 0 Å². The number of pyridine rings is 1. The molecule has 0 aliphatic rings. The number of hydrogen-bond acceptors (Lipinski definition) is 2. The molecule has 0 aliphatic heterocycles. The van der Waals surface area contributed by atoms with Crippen LogP contribution in [-0.4, -0.2) is 12.0 Å². The van der Waals surface area contributed by atoms with Crippen LogP contribution >= 0.6 is 0 Å². The van der Waals surface area contributed by atoms with Gasteiger partial charge >= 0.3 is 0 Å². The van der Waals surface area contributed by atoms with Crippen molar-refractivity contribution in [2.75, 3.05) is 7.05 Å². The van der Waals surface area contributed by atoms with Crippen molar-refractivity contribution in [2.24, 2.45) is 0 Å². The van der Waals surface area contributed by atoms with E-state index in [1.807, 2.05) is 13.0 Å². The first-order valence-electron chi connectivity index (χ1n) is 5.66. The lowest BCUT2D eigenvalue weighted by Gasteiger charge is -2.16. The van der Waals surface area contributed by atoms with Crippen LogP contribution in [-0.2, 0) is 0 Å². The van der Waals surface area contributed by atoms with Crippen LogP contribution in [0.5, 0.6) is 0 Å². The Morgan fingerprint density at radius 1 is 1.11 bits per heavy atom. The van der Waals surface area contributed by atoms with E-state index in [-0.39, 0.29) is 17.7 Å². The number of nitrogens with zero attached hydrogens (tertiary/aromatic N) is 1. The standard InChI is InChI=1S/C14H14F2N2/c1-9-5-10(7-12(16)6-9)14(17-2)13-4-3-11(15)8-18-13/h3-8,14,17H,1-2H3. The Labute approximate surface area is 105 Å². The molecule has 18 heavy (non-hydrogen) atoms. The van der Waals surface area contributed by atoms with Gasteiger partial charge in [-0.25, -0.2) is 8.78 Å². The molecule has 0 amide bonds. The fraction of sp³-hybridized carbons (Fsp3) is 0.214. The van der Waals surface area contributed by atoms with Gasteiger partial charge in [0, 0.05) is 0 Å². The maximum Gasteiger partial charge on any atom is 0.141 e. The predicted octanol–water partition coefficient (Wildman–Crippen LogP) is 2.98. The van der Waals surface area contributed by atoms with Crippen LogP contribution in [0.1, 0.15) is 22.9 Å². The van der Waals surface area contributed by atoms with Crippen LogP contribution in [0.15, 0.2) is 36.5 Å². The maximum atomic E-state index is 13.4. The fourth-order valence-corrected chi connectivity index (χ4v) is 1.97. The van der Waals surface area contributed by atoms with Gasteiger partial charge in [0.1, 0.15) is 11.6 Å². The second-order valence-corrected chi connectivity index (χ2v) is 4.18. The summed E-state index contributed by atoms with van der Waals surface area (Å²) in [5, 5.41) is 3.06. The highest BCUT2D eigenvalue weighted by molar-refractivity contribution is 5.31. The minimum atomic E-state index is -0.385. The zero-order chi connectivity index (χ0) is 13.1. The smallest absolute Gasteiger partial charge is 0.141 e. The van der Waals surface area contributed by atoms with E-state index in [9.17, 15) is 8.78 Å². The molecule has 4 heteroatoms. The van der Waals surface area contributed by atoms with Crippen molar-refractivity contribution >= 4 is 0 Å². The van der Waals surface area contributed by atoms with Gasteiger partial charge in [-0.2, -0.15) is 0 Å². The predicted molar refractivity (Wildman–Crippen MR) is 66.2 cm³/mol. The number of halogens is 2. The zero-order valence-electron chi connectivity index (χ0n) is 10.2. The van der Waals surface area contributed by atoms with Gasteiger partial charge in [0.05, 0.1) is 17.9 Å². The minimum Gasteiger partial charge on any atom is -0.308 e. The molecular weight excluding hydrogens is 234 g/mol. The lowest BCUT2D eigenvalue weighted by molar-refractivity contribution is 0.601. The molecule has 0 fully saturated rings. The Balaban J connectivity index is 2.41. The lowest BCUT2D eigenvalue weighted by atomic mass is 10.0. The van der Waals surface area contributed by atoms with Crippen molar-refractivity contribution in [3.8, 4) is 0 Å². The quantitative estimate of drug-likeness (QED) is 0.903. The van der Waals surface area contributed by atoms with Crippen LogP contribution in [0, 0.1) is 18.6 Å². The summed E-state index contributed by atoms with van der Waals surface area (Å²) in [6, 6.07) is 7.50. The summed E-state index contributed by atoms with van der Waals surface area (Å²) in [5.74, 6) is -0.670. The Kier molecular flexibility index (Phi) is 3.67. The SMILES string of the molecule is CNC(c1cc(C)cc(F)c1)c1ccc(F)cn1. The van der Waals surface area contributed by atoms with Gasteiger partial charge in [-0.05, 0) is 49.4 Å².